The number of epoxide rings is 1. The van der Waals surface area contributed by atoms with Crippen LogP contribution in [0.2, 0.25) is 0 Å². The van der Waals surface area contributed by atoms with Crippen LogP contribution in [-0.2, 0) is 18.9 Å². The Kier molecular flexibility index (Phi) is 9.86. The van der Waals surface area contributed by atoms with Crippen molar-refractivity contribution in [3.8, 4) is 0 Å². The van der Waals surface area contributed by atoms with E-state index in [4.69, 9.17) is 18.9 Å². The van der Waals surface area contributed by atoms with Gasteiger partial charge in [-0.25, -0.2) is 0 Å². The predicted octanol–water partition coefficient (Wildman–Crippen LogP) is 3.46. The topological polar surface area (TPSA) is 80.7 Å². The Morgan fingerprint density at radius 2 is 1.53 bits per heavy atom. The molecule has 0 aromatic carbocycles. The average molecular weight is 429 g/mol. The Labute approximate surface area is 182 Å². The Hall–Kier alpha value is -0.240. The molecule has 0 aromatic heterocycles. The van der Waals surface area contributed by atoms with Crippen molar-refractivity contribution in [3.05, 3.63) is 0 Å². The van der Waals surface area contributed by atoms with Gasteiger partial charge in [-0.3, -0.25) is 0 Å². The summed E-state index contributed by atoms with van der Waals surface area (Å²) in [5.74, 6) is 1.02. The van der Waals surface area contributed by atoms with E-state index >= 15 is 0 Å². The first-order valence-corrected chi connectivity index (χ1v) is 12.3. The van der Waals surface area contributed by atoms with Crippen LogP contribution in [0, 0.1) is 11.8 Å². The molecule has 0 aromatic rings. The zero-order valence-electron chi connectivity index (χ0n) is 19.1. The van der Waals surface area contributed by atoms with E-state index in [1.807, 2.05) is 0 Å². The van der Waals surface area contributed by atoms with Gasteiger partial charge in [0.15, 0.2) is 0 Å². The van der Waals surface area contributed by atoms with Gasteiger partial charge in [0.05, 0.1) is 50.3 Å². The SMILES string of the molecule is CCC(C)(CC(O)COC1CCC(CO)CC1)OCC1CCC(OCC2CO2)CC1. The van der Waals surface area contributed by atoms with Crippen molar-refractivity contribution in [1.82, 2.24) is 0 Å². The molecule has 1 aliphatic heterocycles. The first kappa shape index (κ1) is 24.4. The lowest BCUT2D eigenvalue weighted by Gasteiger charge is -2.35. The zero-order chi connectivity index (χ0) is 21.4. The molecular weight excluding hydrogens is 384 g/mol. The molecule has 176 valence electrons. The van der Waals surface area contributed by atoms with Crippen LogP contribution < -0.4 is 0 Å². The van der Waals surface area contributed by atoms with Gasteiger partial charge in [0.25, 0.3) is 0 Å². The fourth-order valence-electron chi connectivity index (χ4n) is 4.78. The van der Waals surface area contributed by atoms with E-state index in [1.54, 1.807) is 0 Å². The molecular formula is C24H44O6. The summed E-state index contributed by atoms with van der Waals surface area (Å²) in [4.78, 5) is 0. The first-order valence-electron chi connectivity index (χ1n) is 12.3. The molecule has 1 heterocycles. The third-order valence-corrected chi connectivity index (χ3v) is 7.37. The van der Waals surface area contributed by atoms with Crippen molar-refractivity contribution < 1.29 is 29.2 Å². The maximum absolute atomic E-state index is 10.6. The fourth-order valence-corrected chi connectivity index (χ4v) is 4.78. The molecule has 3 atom stereocenters. The summed E-state index contributed by atoms with van der Waals surface area (Å²) in [7, 11) is 0. The van der Waals surface area contributed by atoms with Crippen LogP contribution in [0.5, 0.6) is 0 Å². The number of hydrogen-bond acceptors (Lipinski definition) is 6. The number of aliphatic hydroxyl groups excluding tert-OH is 2. The van der Waals surface area contributed by atoms with Gasteiger partial charge in [-0.15, -0.1) is 0 Å². The molecule has 0 amide bonds. The van der Waals surface area contributed by atoms with Crippen molar-refractivity contribution in [2.75, 3.05) is 33.0 Å². The molecule has 3 fully saturated rings. The highest BCUT2D eigenvalue weighted by atomic mass is 16.6. The van der Waals surface area contributed by atoms with Gasteiger partial charge in [0.1, 0.15) is 6.10 Å². The molecule has 6 heteroatoms. The average Bonchev–Trinajstić information content (AvgIpc) is 3.60. The van der Waals surface area contributed by atoms with E-state index in [-0.39, 0.29) is 18.3 Å². The fraction of sp³-hybridized carbons (Fsp3) is 1.00. The van der Waals surface area contributed by atoms with Gasteiger partial charge in [-0.2, -0.15) is 0 Å². The first-order chi connectivity index (χ1) is 14.5. The molecule has 3 unspecified atom stereocenters. The summed E-state index contributed by atoms with van der Waals surface area (Å²) in [6.45, 7) is 7.29. The molecule has 3 rings (SSSR count). The van der Waals surface area contributed by atoms with E-state index in [1.165, 1.54) is 0 Å². The van der Waals surface area contributed by atoms with E-state index in [0.717, 1.165) is 77.6 Å². The van der Waals surface area contributed by atoms with Gasteiger partial charge in [0.2, 0.25) is 0 Å². The molecule has 3 aliphatic rings. The zero-order valence-corrected chi connectivity index (χ0v) is 19.1. The second-order valence-electron chi connectivity index (χ2n) is 10.1. The van der Waals surface area contributed by atoms with Gasteiger partial charge in [-0.05, 0) is 76.5 Å². The maximum atomic E-state index is 10.6. The van der Waals surface area contributed by atoms with Crippen LogP contribution in [0.1, 0.15) is 78.1 Å². The third-order valence-electron chi connectivity index (χ3n) is 7.37. The smallest absolute Gasteiger partial charge is 0.104 e. The molecule has 0 spiro atoms. The minimum absolute atomic E-state index is 0.222. The minimum atomic E-state index is -0.501. The standard InChI is InChI=1S/C24H44O6/c1-3-24(2,12-20(26)15-27-21-8-4-18(13-25)5-9-21)30-14-19-6-10-22(11-7-19)28-16-23-17-29-23/h18-23,25-26H,3-17H2,1-2H3. The summed E-state index contributed by atoms with van der Waals surface area (Å²) in [5, 5.41) is 19.8. The van der Waals surface area contributed by atoms with Crippen molar-refractivity contribution in [1.29, 1.82) is 0 Å². The minimum Gasteiger partial charge on any atom is -0.396 e. The maximum Gasteiger partial charge on any atom is 0.104 e. The van der Waals surface area contributed by atoms with Crippen molar-refractivity contribution in [2.45, 2.75) is 108 Å². The Morgan fingerprint density at radius 1 is 0.933 bits per heavy atom. The lowest BCUT2D eigenvalue weighted by molar-refractivity contribution is -0.103. The molecule has 6 nitrogen and oxygen atoms in total. The summed E-state index contributed by atoms with van der Waals surface area (Å²) >= 11 is 0. The Morgan fingerprint density at radius 3 is 2.10 bits per heavy atom. The van der Waals surface area contributed by atoms with Crippen LogP contribution in [-0.4, -0.2) is 73.3 Å². The molecule has 0 bridgehead atoms. The highest BCUT2D eigenvalue weighted by Gasteiger charge is 2.31. The summed E-state index contributed by atoms with van der Waals surface area (Å²) in [6, 6.07) is 0. The number of ether oxygens (including phenoxy) is 4. The number of hydrogen-bond donors (Lipinski definition) is 2. The Balaban J connectivity index is 1.29. The van der Waals surface area contributed by atoms with Crippen LogP contribution >= 0.6 is 0 Å². The van der Waals surface area contributed by atoms with E-state index in [0.29, 0.717) is 37.1 Å². The molecule has 1 saturated heterocycles. The largest absolute Gasteiger partial charge is 0.396 e. The number of rotatable bonds is 13. The highest BCUT2D eigenvalue weighted by molar-refractivity contribution is 4.81. The summed E-state index contributed by atoms with van der Waals surface area (Å²) in [5.41, 5.74) is -0.312. The highest BCUT2D eigenvalue weighted by Crippen LogP contribution is 2.31. The van der Waals surface area contributed by atoms with E-state index < -0.39 is 6.10 Å². The number of aliphatic hydroxyl groups is 2. The van der Waals surface area contributed by atoms with Crippen molar-refractivity contribution >= 4 is 0 Å². The van der Waals surface area contributed by atoms with Crippen LogP contribution in [0.15, 0.2) is 0 Å². The second-order valence-corrected chi connectivity index (χ2v) is 10.1. The molecule has 2 N–H and O–H groups in total. The predicted molar refractivity (Wildman–Crippen MR) is 115 cm³/mol. The summed E-state index contributed by atoms with van der Waals surface area (Å²) < 4.78 is 23.5. The van der Waals surface area contributed by atoms with Crippen molar-refractivity contribution in [2.24, 2.45) is 11.8 Å². The Bertz CT molecular complexity index is 468. The van der Waals surface area contributed by atoms with Gasteiger partial charge in [-0.1, -0.05) is 6.92 Å². The third kappa shape index (κ3) is 8.36. The van der Waals surface area contributed by atoms with Gasteiger partial charge < -0.3 is 29.2 Å². The van der Waals surface area contributed by atoms with Gasteiger partial charge >= 0.3 is 0 Å². The van der Waals surface area contributed by atoms with Crippen molar-refractivity contribution in [3.63, 3.8) is 0 Å². The molecule has 2 aliphatic carbocycles. The van der Waals surface area contributed by atoms with Crippen LogP contribution in [0.25, 0.3) is 0 Å². The lowest BCUT2D eigenvalue weighted by Crippen LogP contribution is -2.37. The molecule has 0 radical (unpaired) electrons. The van der Waals surface area contributed by atoms with Crippen LogP contribution in [0.3, 0.4) is 0 Å². The second kappa shape index (κ2) is 12.1. The van der Waals surface area contributed by atoms with E-state index in [2.05, 4.69) is 13.8 Å². The normalized spacial score (nSPS) is 35.0. The molecule has 30 heavy (non-hydrogen) atoms. The lowest BCUT2D eigenvalue weighted by atomic mass is 9.87. The molecule has 2 saturated carbocycles. The quantitative estimate of drug-likeness (QED) is 0.437. The van der Waals surface area contributed by atoms with Gasteiger partial charge in [0, 0.05) is 13.0 Å². The van der Waals surface area contributed by atoms with Crippen LogP contribution in [0.4, 0.5) is 0 Å². The summed E-state index contributed by atoms with van der Waals surface area (Å²) in [6.07, 6.45) is 10.5. The monoisotopic (exact) mass is 428 g/mol. The van der Waals surface area contributed by atoms with E-state index in [9.17, 15) is 10.2 Å².